The van der Waals surface area contributed by atoms with Crippen LogP contribution >= 0.6 is 0 Å². The van der Waals surface area contributed by atoms with Crippen molar-refractivity contribution in [3.63, 3.8) is 0 Å². The zero-order valence-corrected chi connectivity index (χ0v) is 10.4. The smallest absolute Gasteiger partial charge is 0.324 e. The van der Waals surface area contributed by atoms with Gasteiger partial charge in [0.15, 0.2) is 5.82 Å². The van der Waals surface area contributed by atoms with E-state index in [-0.39, 0.29) is 6.03 Å². The van der Waals surface area contributed by atoms with Crippen molar-refractivity contribution in [2.75, 3.05) is 10.6 Å². The Kier molecular flexibility index (Phi) is 3.62. The standard InChI is InChI=1S/C13H15N3O2/c1-3-10-6-4-5-9(2)12(10)15-13(17)14-11-7-8-18-16-11/h4-8H,3H2,1-2H3,(H2,14,15,16,17). The molecule has 0 aliphatic heterocycles. The van der Waals surface area contributed by atoms with E-state index >= 15 is 0 Å². The number of rotatable bonds is 3. The lowest BCUT2D eigenvalue weighted by molar-refractivity contribution is 0.262. The molecular formula is C13H15N3O2. The number of nitrogens with one attached hydrogen (secondary N) is 2. The fourth-order valence-electron chi connectivity index (χ4n) is 1.74. The summed E-state index contributed by atoms with van der Waals surface area (Å²) in [6, 6.07) is 7.20. The topological polar surface area (TPSA) is 67.2 Å². The van der Waals surface area contributed by atoms with Crippen LogP contribution in [-0.4, -0.2) is 11.2 Å². The fraction of sp³-hybridized carbons (Fsp3) is 0.231. The molecule has 2 N–H and O–H groups in total. The average Bonchev–Trinajstić information content (AvgIpc) is 2.84. The molecule has 94 valence electrons. The average molecular weight is 245 g/mol. The lowest BCUT2D eigenvalue weighted by Crippen LogP contribution is -2.21. The summed E-state index contributed by atoms with van der Waals surface area (Å²) in [6.45, 7) is 4.01. The molecular weight excluding hydrogens is 230 g/mol. The maximum absolute atomic E-state index is 11.8. The van der Waals surface area contributed by atoms with Gasteiger partial charge in [-0.1, -0.05) is 30.3 Å². The number of anilines is 2. The second-order valence-corrected chi connectivity index (χ2v) is 3.93. The van der Waals surface area contributed by atoms with E-state index < -0.39 is 0 Å². The summed E-state index contributed by atoms with van der Waals surface area (Å²) in [7, 11) is 0. The van der Waals surface area contributed by atoms with Gasteiger partial charge in [-0.05, 0) is 24.5 Å². The van der Waals surface area contributed by atoms with E-state index in [0.717, 1.165) is 23.2 Å². The van der Waals surface area contributed by atoms with Gasteiger partial charge in [0, 0.05) is 11.8 Å². The van der Waals surface area contributed by atoms with Gasteiger partial charge >= 0.3 is 6.03 Å². The zero-order valence-electron chi connectivity index (χ0n) is 10.4. The number of amides is 2. The van der Waals surface area contributed by atoms with Crippen molar-refractivity contribution in [1.29, 1.82) is 0 Å². The summed E-state index contributed by atoms with van der Waals surface area (Å²) >= 11 is 0. The van der Waals surface area contributed by atoms with Crippen LogP contribution in [0.4, 0.5) is 16.3 Å². The first-order valence-corrected chi connectivity index (χ1v) is 5.77. The quantitative estimate of drug-likeness (QED) is 0.872. The molecule has 5 nitrogen and oxygen atoms in total. The number of nitrogens with zero attached hydrogens (tertiary/aromatic N) is 1. The minimum atomic E-state index is -0.326. The number of benzene rings is 1. The van der Waals surface area contributed by atoms with Crippen molar-refractivity contribution in [2.45, 2.75) is 20.3 Å². The largest absolute Gasteiger partial charge is 0.363 e. The van der Waals surface area contributed by atoms with Crippen molar-refractivity contribution in [3.05, 3.63) is 41.7 Å². The van der Waals surface area contributed by atoms with Gasteiger partial charge in [-0.15, -0.1) is 0 Å². The Morgan fingerprint density at radius 1 is 1.33 bits per heavy atom. The Balaban J connectivity index is 2.11. The second-order valence-electron chi connectivity index (χ2n) is 3.93. The third kappa shape index (κ3) is 2.68. The zero-order chi connectivity index (χ0) is 13.0. The maximum atomic E-state index is 11.8. The Morgan fingerprint density at radius 2 is 2.17 bits per heavy atom. The monoisotopic (exact) mass is 245 g/mol. The van der Waals surface area contributed by atoms with Gasteiger partial charge in [-0.25, -0.2) is 4.79 Å². The molecule has 1 aromatic heterocycles. The molecule has 0 fully saturated rings. The minimum Gasteiger partial charge on any atom is -0.363 e. The number of hydrogen-bond donors (Lipinski definition) is 2. The highest BCUT2D eigenvalue weighted by molar-refractivity contribution is 6.00. The molecule has 2 aromatic rings. The number of aromatic nitrogens is 1. The molecule has 0 aliphatic rings. The van der Waals surface area contributed by atoms with Crippen LogP contribution in [-0.2, 0) is 6.42 Å². The van der Waals surface area contributed by atoms with Crippen LogP contribution in [0.25, 0.3) is 0 Å². The highest BCUT2D eigenvalue weighted by Crippen LogP contribution is 2.21. The fourth-order valence-corrected chi connectivity index (χ4v) is 1.74. The molecule has 0 spiro atoms. The normalized spacial score (nSPS) is 10.1. The maximum Gasteiger partial charge on any atom is 0.324 e. The highest BCUT2D eigenvalue weighted by atomic mass is 16.5. The Hall–Kier alpha value is -2.30. The molecule has 0 bridgehead atoms. The number of carbonyl (C=O) groups is 1. The lowest BCUT2D eigenvalue weighted by Gasteiger charge is -2.12. The van der Waals surface area contributed by atoms with Crippen LogP contribution < -0.4 is 10.6 Å². The lowest BCUT2D eigenvalue weighted by atomic mass is 10.1. The number of carbonyl (C=O) groups excluding carboxylic acids is 1. The third-order valence-corrected chi connectivity index (χ3v) is 2.66. The van der Waals surface area contributed by atoms with E-state index in [0.29, 0.717) is 5.82 Å². The van der Waals surface area contributed by atoms with Crippen LogP contribution in [0.5, 0.6) is 0 Å². The van der Waals surface area contributed by atoms with E-state index in [4.69, 9.17) is 0 Å². The van der Waals surface area contributed by atoms with Gasteiger partial charge in [-0.2, -0.15) is 0 Å². The molecule has 0 atom stereocenters. The Morgan fingerprint density at radius 3 is 2.83 bits per heavy atom. The predicted molar refractivity (Wildman–Crippen MR) is 69.7 cm³/mol. The number of aryl methyl sites for hydroxylation is 2. The van der Waals surface area contributed by atoms with E-state index in [1.165, 1.54) is 6.26 Å². The molecule has 5 heteroatoms. The number of para-hydroxylation sites is 1. The van der Waals surface area contributed by atoms with Crippen molar-refractivity contribution >= 4 is 17.5 Å². The molecule has 0 radical (unpaired) electrons. The SMILES string of the molecule is CCc1cccc(C)c1NC(=O)Nc1ccon1. The van der Waals surface area contributed by atoms with Crippen LogP contribution in [0.3, 0.4) is 0 Å². The van der Waals surface area contributed by atoms with Crippen molar-refractivity contribution in [3.8, 4) is 0 Å². The van der Waals surface area contributed by atoms with Crippen LogP contribution in [0.15, 0.2) is 35.1 Å². The molecule has 0 saturated heterocycles. The summed E-state index contributed by atoms with van der Waals surface area (Å²) in [5.74, 6) is 0.388. The van der Waals surface area contributed by atoms with Gasteiger partial charge in [0.25, 0.3) is 0 Å². The predicted octanol–water partition coefficient (Wildman–Crippen LogP) is 3.19. The Labute approximate surface area is 105 Å². The van der Waals surface area contributed by atoms with Gasteiger partial charge in [0.2, 0.25) is 0 Å². The van der Waals surface area contributed by atoms with Gasteiger partial charge in [0.1, 0.15) is 6.26 Å². The molecule has 2 rings (SSSR count). The molecule has 2 amide bonds. The van der Waals surface area contributed by atoms with Gasteiger partial charge in [-0.3, -0.25) is 5.32 Å². The van der Waals surface area contributed by atoms with E-state index in [1.54, 1.807) is 6.07 Å². The summed E-state index contributed by atoms with van der Waals surface area (Å²) in [5.41, 5.74) is 2.98. The number of hydrogen-bond acceptors (Lipinski definition) is 3. The van der Waals surface area contributed by atoms with Gasteiger partial charge in [0.05, 0.1) is 0 Å². The van der Waals surface area contributed by atoms with E-state index in [9.17, 15) is 4.79 Å². The van der Waals surface area contributed by atoms with E-state index in [2.05, 4.69) is 27.2 Å². The summed E-state index contributed by atoms with van der Waals surface area (Å²) in [5, 5.41) is 9.05. The van der Waals surface area contributed by atoms with Crippen molar-refractivity contribution in [1.82, 2.24) is 5.16 Å². The molecule has 0 unspecified atom stereocenters. The molecule has 18 heavy (non-hydrogen) atoms. The van der Waals surface area contributed by atoms with Crippen LogP contribution in [0.2, 0.25) is 0 Å². The van der Waals surface area contributed by atoms with E-state index in [1.807, 2.05) is 25.1 Å². The van der Waals surface area contributed by atoms with Crippen molar-refractivity contribution in [2.24, 2.45) is 0 Å². The molecule has 0 aliphatic carbocycles. The van der Waals surface area contributed by atoms with Crippen LogP contribution in [0.1, 0.15) is 18.1 Å². The summed E-state index contributed by atoms with van der Waals surface area (Å²) in [6.07, 6.45) is 2.27. The highest BCUT2D eigenvalue weighted by Gasteiger charge is 2.09. The van der Waals surface area contributed by atoms with Crippen molar-refractivity contribution < 1.29 is 9.32 Å². The van der Waals surface area contributed by atoms with Crippen LogP contribution in [0, 0.1) is 6.92 Å². The third-order valence-electron chi connectivity index (χ3n) is 2.66. The first-order chi connectivity index (χ1) is 8.70. The summed E-state index contributed by atoms with van der Waals surface area (Å²) in [4.78, 5) is 11.8. The first kappa shape index (κ1) is 12.2. The first-order valence-electron chi connectivity index (χ1n) is 5.77. The minimum absolute atomic E-state index is 0.326. The molecule has 1 aromatic carbocycles. The Bertz CT molecular complexity index is 535. The molecule has 1 heterocycles. The second kappa shape index (κ2) is 5.35. The van der Waals surface area contributed by atoms with Gasteiger partial charge < -0.3 is 9.84 Å². The number of urea groups is 1. The summed E-state index contributed by atoms with van der Waals surface area (Å²) < 4.78 is 4.64. The molecule has 0 saturated carbocycles.